The molecule has 1 fully saturated rings. The minimum Gasteiger partial charge on any atom is -0.394 e. The van der Waals surface area contributed by atoms with Gasteiger partial charge in [0.05, 0.1) is 18.6 Å². The third-order valence-corrected chi connectivity index (χ3v) is 5.15. The van der Waals surface area contributed by atoms with E-state index < -0.39 is 23.9 Å². The number of fused-ring (bicyclic) bond motifs is 1. The van der Waals surface area contributed by atoms with E-state index in [2.05, 4.69) is 9.97 Å². The van der Waals surface area contributed by atoms with E-state index >= 15 is 0 Å². The summed E-state index contributed by atoms with van der Waals surface area (Å²) in [5.74, 6) is 0.441. The number of aliphatic hydroxyl groups is 1. The molecule has 0 amide bonds. The topological polar surface area (TPSA) is 104 Å². The van der Waals surface area contributed by atoms with Crippen LogP contribution in [-0.4, -0.2) is 45.6 Å². The summed E-state index contributed by atoms with van der Waals surface area (Å²) in [6.07, 6.45) is -0.585. The van der Waals surface area contributed by atoms with Gasteiger partial charge in [-0.1, -0.05) is 11.8 Å². The van der Waals surface area contributed by atoms with Gasteiger partial charge in [0.25, 0.3) is 5.56 Å². The Balaban J connectivity index is 1.97. The number of nitrogen functional groups attached to an aromatic ring is 1. The molecule has 0 aromatic carbocycles. The average molecular weight is 330 g/mol. The molecule has 1 aromatic heterocycles. The Morgan fingerprint density at radius 3 is 3.00 bits per heavy atom. The summed E-state index contributed by atoms with van der Waals surface area (Å²) in [5, 5.41) is 9.33. The lowest BCUT2D eigenvalue weighted by Crippen LogP contribution is -2.44. The molecule has 1 aromatic rings. The molecule has 2 aliphatic rings. The lowest BCUT2D eigenvalue weighted by molar-refractivity contribution is -0.0113. The number of nitrogens with zero attached hydrogens (tertiary/aromatic N) is 2. The first kappa shape index (κ1) is 15.6. The van der Waals surface area contributed by atoms with Crippen LogP contribution in [0, 0.1) is 5.92 Å². The van der Waals surface area contributed by atoms with E-state index in [1.807, 2.05) is 0 Å². The SMILES string of the molecule is CC(C)(F)[C@@H]1C[C@@H](CO)O[C@H]1N1CSc2c1nc(N)[nH]c2=O. The van der Waals surface area contributed by atoms with Gasteiger partial charge in [0.2, 0.25) is 5.95 Å². The van der Waals surface area contributed by atoms with E-state index in [0.717, 1.165) is 0 Å². The van der Waals surface area contributed by atoms with E-state index in [9.17, 15) is 14.3 Å². The quantitative estimate of drug-likeness (QED) is 0.749. The maximum absolute atomic E-state index is 14.5. The van der Waals surface area contributed by atoms with E-state index in [1.54, 1.807) is 4.90 Å². The molecular weight excluding hydrogens is 311 g/mol. The number of hydrogen-bond acceptors (Lipinski definition) is 7. The van der Waals surface area contributed by atoms with Gasteiger partial charge >= 0.3 is 0 Å². The van der Waals surface area contributed by atoms with Crippen LogP contribution in [-0.2, 0) is 4.74 Å². The highest BCUT2D eigenvalue weighted by molar-refractivity contribution is 7.99. The van der Waals surface area contributed by atoms with Gasteiger partial charge in [-0.2, -0.15) is 4.98 Å². The first-order chi connectivity index (χ1) is 10.3. The van der Waals surface area contributed by atoms with Crippen molar-refractivity contribution < 1.29 is 14.2 Å². The lowest BCUT2D eigenvalue weighted by Gasteiger charge is -2.33. The number of H-pyrrole nitrogens is 1. The van der Waals surface area contributed by atoms with Crippen molar-refractivity contribution in [3.63, 3.8) is 0 Å². The molecule has 2 aliphatic heterocycles. The van der Waals surface area contributed by atoms with Crippen LogP contribution in [0.15, 0.2) is 9.69 Å². The second kappa shape index (κ2) is 5.39. The molecule has 0 aliphatic carbocycles. The van der Waals surface area contributed by atoms with E-state index in [4.69, 9.17) is 10.5 Å². The number of aliphatic hydroxyl groups excluding tert-OH is 1. The molecule has 0 unspecified atom stereocenters. The van der Waals surface area contributed by atoms with Gasteiger partial charge in [-0.25, -0.2) is 4.39 Å². The summed E-state index contributed by atoms with van der Waals surface area (Å²) in [6, 6.07) is 0. The number of alkyl halides is 1. The Morgan fingerprint density at radius 1 is 1.64 bits per heavy atom. The van der Waals surface area contributed by atoms with Crippen molar-refractivity contribution in [3.05, 3.63) is 10.4 Å². The fraction of sp³-hybridized carbons (Fsp3) is 0.692. The summed E-state index contributed by atoms with van der Waals surface area (Å²) in [6.45, 7) is 2.83. The molecule has 7 nitrogen and oxygen atoms in total. The maximum atomic E-state index is 14.5. The highest BCUT2D eigenvalue weighted by Gasteiger charge is 2.48. The summed E-state index contributed by atoms with van der Waals surface area (Å²) < 4.78 is 20.3. The van der Waals surface area contributed by atoms with Crippen LogP contribution >= 0.6 is 11.8 Å². The average Bonchev–Trinajstić information content (AvgIpc) is 3.00. The molecule has 1 saturated heterocycles. The molecule has 3 atom stereocenters. The molecule has 0 spiro atoms. The van der Waals surface area contributed by atoms with E-state index in [-0.39, 0.29) is 18.1 Å². The number of hydrogen-bond donors (Lipinski definition) is 3. The summed E-state index contributed by atoms with van der Waals surface area (Å²) in [5.41, 5.74) is 3.83. The minimum atomic E-state index is -1.48. The van der Waals surface area contributed by atoms with Crippen molar-refractivity contribution in [2.24, 2.45) is 5.92 Å². The van der Waals surface area contributed by atoms with Crippen molar-refractivity contribution >= 4 is 23.5 Å². The van der Waals surface area contributed by atoms with Crippen LogP contribution in [0.25, 0.3) is 0 Å². The van der Waals surface area contributed by atoms with Crippen LogP contribution in [0.5, 0.6) is 0 Å². The van der Waals surface area contributed by atoms with Crippen LogP contribution in [0.2, 0.25) is 0 Å². The van der Waals surface area contributed by atoms with Gasteiger partial charge in [-0.3, -0.25) is 9.78 Å². The predicted octanol–water partition coefficient (Wildman–Crippen LogP) is 0.693. The molecule has 9 heteroatoms. The zero-order valence-electron chi connectivity index (χ0n) is 12.4. The van der Waals surface area contributed by atoms with Gasteiger partial charge in [0.1, 0.15) is 16.8 Å². The van der Waals surface area contributed by atoms with Crippen molar-refractivity contribution in [2.75, 3.05) is 23.1 Å². The monoisotopic (exact) mass is 330 g/mol. The van der Waals surface area contributed by atoms with Crippen molar-refractivity contribution in [2.45, 2.75) is 43.2 Å². The Hall–Kier alpha value is -1.32. The van der Waals surface area contributed by atoms with E-state index in [0.29, 0.717) is 23.0 Å². The van der Waals surface area contributed by atoms with Crippen LogP contribution in [0.3, 0.4) is 0 Å². The molecule has 0 bridgehead atoms. The standard InChI is InChI=1S/C13H19FN4O3S/c1-13(2,14)7-3-6(4-19)21-11(7)18-5-22-8-9(18)16-12(15)17-10(8)20/h6-7,11,19H,3-5H2,1-2H3,(H3,15,16,17,20)/t6-,7+,11+/m0/s1. The molecule has 0 radical (unpaired) electrons. The van der Waals surface area contributed by atoms with Crippen LogP contribution < -0.4 is 16.2 Å². The summed E-state index contributed by atoms with van der Waals surface area (Å²) >= 11 is 1.32. The van der Waals surface area contributed by atoms with E-state index in [1.165, 1.54) is 25.6 Å². The second-order valence-electron chi connectivity index (χ2n) is 6.08. The zero-order chi connectivity index (χ0) is 16.1. The molecule has 3 rings (SSSR count). The van der Waals surface area contributed by atoms with Gasteiger partial charge < -0.3 is 20.5 Å². The number of anilines is 2. The highest BCUT2D eigenvalue weighted by atomic mass is 32.2. The minimum absolute atomic E-state index is 0.0176. The lowest BCUT2D eigenvalue weighted by atomic mass is 9.88. The number of aromatic amines is 1. The molecule has 122 valence electrons. The second-order valence-corrected chi connectivity index (χ2v) is 7.04. The third-order valence-electron chi connectivity index (χ3n) is 4.08. The van der Waals surface area contributed by atoms with Crippen molar-refractivity contribution in [1.29, 1.82) is 0 Å². The van der Waals surface area contributed by atoms with Gasteiger partial charge in [-0.05, 0) is 20.3 Å². The Bertz CT molecular complexity index is 633. The smallest absolute Gasteiger partial charge is 0.268 e. The molecular formula is C13H19FN4O3S. The summed E-state index contributed by atoms with van der Waals surface area (Å²) in [4.78, 5) is 20.8. The number of halogens is 1. The Morgan fingerprint density at radius 2 is 2.36 bits per heavy atom. The van der Waals surface area contributed by atoms with Gasteiger partial charge in [-0.15, -0.1) is 0 Å². The fourth-order valence-electron chi connectivity index (χ4n) is 2.96. The number of nitrogens with one attached hydrogen (secondary N) is 1. The maximum Gasteiger partial charge on any atom is 0.268 e. The molecule has 3 heterocycles. The summed E-state index contributed by atoms with van der Waals surface area (Å²) in [7, 11) is 0. The largest absolute Gasteiger partial charge is 0.394 e. The third kappa shape index (κ3) is 2.57. The van der Waals surface area contributed by atoms with Crippen molar-refractivity contribution in [1.82, 2.24) is 9.97 Å². The first-order valence-electron chi connectivity index (χ1n) is 7.05. The number of ether oxygens (including phenoxy) is 1. The first-order valence-corrected chi connectivity index (χ1v) is 8.04. The fourth-order valence-corrected chi connectivity index (χ4v) is 3.97. The van der Waals surface area contributed by atoms with Crippen LogP contribution in [0.4, 0.5) is 16.2 Å². The Labute approximate surface area is 131 Å². The van der Waals surface area contributed by atoms with Gasteiger partial charge in [0, 0.05) is 5.92 Å². The van der Waals surface area contributed by atoms with Crippen molar-refractivity contribution in [3.8, 4) is 0 Å². The predicted molar refractivity (Wildman–Crippen MR) is 81.5 cm³/mol. The molecule has 0 saturated carbocycles. The van der Waals surface area contributed by atoms with Gasteiger partial charge in [0.15, 0.2) is 5.82 Å². The number of aromatic nitrogens is 2. The molecule has 4 N–H and O–H groups in total. The zero-order valence-corrected chi connectivity index (χ0v) is 13.2. The highest BCUT2D eigenvalue weighted by Crippen LogP contribution is 2.44. The van der Waals surface area contributed by atoms with Crippen LogP contribution in [0.1, 0.15) is 20.3 Å². The number of nitrogens with two attached hydrogens (primary N) is 1. The normalized spacial score (nSPS) is 28.2. The molecule has 22 heavy (non-hydrogen) atoms. The number of thioether (sulfide) groups is 1. The number of rotatable bonds is 3. The Kier molecular flexibility index (Phi) is 3.82.